The van der Waals surface area contributed by atoms with Crippen molar-refractivity contribution in [2.75, 3.05) is 11.9 Å². The zero-order valence-corrected chi connectivity index (χ0v) is 9.88. The highest BCUT2D eigenvalue weighted by Gasteiger charge is 2.11. The number of carboxylic acids is 1. The molecule has 92 valence electrons. The van der Waals surface area contributed by atoms with Gasteiger partial charge in [0.05, 0.1) is 6.42 Å². The predicted octanol–water partition coefficient (Wildman–Crippen LogP) is 1.78. The largest absolute Gasteiger partial charge is 0.481 e. The predicted molar refractivity (Wildman–Crippen MR) is 65.1 cm³/mol. The molecule has 5 heteroatoms. The number of urea groups is 1. The second kappa shape index (κ2) is 5.34. The fraction of sp³-hybridized carbons (Fsp3) is 0.333. The van der Waals surface area contributed by atoms with E-state index in [1.807, 2.05) is 19.1 Å². The van der Waals surface area contributed by atoms with Crippen LogP contribution in [0, 0.1) is 0 Å². The maximum atomic E-state index is 10.9. The Labute approximate surface area is 99.8 Å². The van der Waals surface area contributed by atoms with Gasteiger partial charge in [-0.25, -0.2) is 4.79 Å². The van der Waals surface area contributed by atoms with Crippen molar-refractivity contribution in [3.8, 4) is 0 Å². The zero-order valence-electron chi connectivity index (χ0n) is 9.88. The molecule has 1 aromatic carbocycles. The molecule has 2 amide bonds. The number of carboxylic acid groups (broad SMARTS) is 1. The van der Waals surface area contributed by atoms with Crippen LogP contribution in [0.4, 0.5) is 10.5 Å². The number of nitrogens with two attached hydrogens (primary N) is 1. The molecule has 0 saturated carbocycles. The third-order valence-electron chi connectivity index (χ3n) is 2.66. The van der Waals surface area contributed by atoms with E-state index in [4.69, 9.17) is 10.8 Å². The van der Waals surface area contributed by atoms with E-state index < -0.39 is 12.0 Å². The fourth-order valence-corrected chi connectivity index (χ4v) is 1.53. The van der Waals surface area contributed by atoms with Gasteiger partial charge in [0.2, 0.25) is 0 Å². The highest BCUT2D eigenvalue weighted by molar-refractivity contribution is 5.89. The Morgan fingerprint density at radius 3 is 2.29 bits per heavy atom. The summed E-state index contributed by atoms with van der Waals surface area (Å²) in [6, 6.07) is 6.58. The molecule has 0 saturated heterocycles. The number of hydrogen-bond acceptors (Lipinski definition) is 2. The molecule has 3 N–H and O–H groups in total. The Bertz CT molecular complexity index is 414. The van der Waals surface area contributed by atoms with Crippen molar-refractivity contribution >= 4 is 17.7 Å². The molecule has 0 fully saturated rings. The lowest BCUT2D eigenvalue weighted by Gasteiger charge is -2.16. The number of anilines is 1. The van der Waals surface area contributed by atoms with Gasteiger partial charge in [0.1, 0.15) is 0 Å². The molecular weight excluding hydrogens is 220 g/mol. The number of amides is 2. The molecule has 0 aliphatic rings. The van der Waals surface area contributed by atoms with Gasteiger partial charge < -0.3 is 10.8 Å². The zero-order chi connectivity index (χ0) is 13.0. The molecule has 0 aromatic heterocycles. The first-order valence-corrected chi connectivity index (χ1v) is 5.26. The van der Waals surface area contributed by atoms with Crippen molar-refractivity contribution in [1.82, 2.24) is 0 Å². The van der Waals surface area contributed by atoms with Crippen LogP contribution in [-0.4, -0.2) is 24.2 Å². The SMILES string of the molecule is CC(CC(=O)O)c1ccc(N(C)C(N)=O)cc1. The smallest absolute Gasteiger partial charge is 0.318 e. The number of primary amides is 1. The van der Waals surface area contributed by atoms with E-state index in [0.717, 1.165) is 5.56 Å². The lowest BCUT2D eigenvalue weighted by atomic mass is 9.98. The maximum Gasteiger partial charge on any atom is 0.318 e. The normalized spacial score (nSPS) is 11.9. The van der Waals surface area contributed by atoms with E-state index in [2.05, 4.69) is 0 Å². The van der Waals surface area contributed by atoms with Crippen molar-refractivity contribution in [2.45, 2.75) is 19.3 Å². The van der Waals surface area contributed by atoms with Gasteiger partial charge >= 0.3 is 12.0 Å². The van der Waals surface area contributed by atoms with Crippen LogP contribution in [0.5, 0.6) is 0 Å². The lowest BCUT2D eigenvalue weighted by molar-refractivity contribution is -0.137. The molecule has 1 unspecified atom stereocenters. The summed E-state index contributed by atoms with van der Waals surface area (Å²) >= 11 is 0. The summed E-state index contributed by atoms with van der Waals surface area (Å²) in [5.41, 5.74) is 6.75. The number of nitrogens with zero attached hydrogens (tertiary/aromatic N) is 1. The molecule has 1 aromatic rings. The average Bonchev–Trinajstić information content (AvgIpc) is 2.27. The van der Waals surface area contributed by atoms with Gasteiger partial charge in [-0.1, -0.05) is 19.1 Å². The molecule has 17 heavy (non-hydrogen) atoms. The Morgan fingerprint density at radius 2 is 1.88 bits per heavy atom. The molecule has 0 aliphatic heterocycles. The molecule has 0 bridgehead atoms. The second-order valence-corrected chi connectivity index (χ2v) is 3.99. The first kappa shape index (κ1) is 13.0. The van der Waals surface area contributed by atoms with Crippen LogP contribution in [0.25, 0.3) is 0 Å². The quantitative estimate of drug-likeness (QED) is 0.835. The van der Waals surface area contributed by atoms with Gasteiger partial charge in [-0.15, -0.1) is 0 Å². The van der Waals surface area contributed by atoms with Crippen LogP contribution in [0.15, 0.2) is 24.3 Å². The third-order valence-corrected chi connectivity index (χ3v) is 2.66. The van der Waals surface area contributed by atoms with Crippen molar-refractivity contribution in [2.24, 2.45) is 5.73 Å². The van der Waals surface area contributed by atoms with Crippen molar-refractivity contribution < 1.29 is 14.7 Å². The highest BCUT2D eigenvalue weighted by atomic mass is 16.4. The van der Waals surface area contributed by atoms with Crippen molar-refractivity contribution in [3.05, 3.63) is 29.8 Å². The number of rotatable bonds is 4. The highest BCUT2D eigenvalue weighted by Crippen LogP contribution is 2.22. The van der Waals surface area contributed by atoms with E-state index >= 15 is 0 Å². The second-order valence-electron chi connectivity index (χ2n) is 3.99. The number of carbonyl (C=O) groups excluding carboxylic acids is 1. The van der Waals surface area contributed by atoms with Crippen molar-refractivity contribution in [1.29, 1.82) is 0 Å². The Balaban J connectivity index is 2.80. The fourth-order valence-electron chi connectivity index (χ4n) is 1.53. The summed E-state index contributed by atoms with van der Waals surface area (Å²) in [5.74, 6) is -0.878. The van der Waals surface area contributed by atoms with Crippen molar-refractivity contribution in [3.63, 3.8) is 0 Å². The molecule has 1 rings (SSSR count). The number of hydrogen-bond donors (Lipinski definition) is 2. The van der Waals surface area contributed by atoms with Gasteiger partial charge in [0, 0.05) is 12.7 Å². The number of aliphatic carboxylic acids is 1. The van der Waals surface area contributed by atoms with Crippen LogP contribution < -0.4 is 10.6 Å². The first-order valence-electron chi connectivity index (χ1n) is 5.26. The van der Waals surface area contributed by atoms with Crippen LogP contribution in [0.3, 0.4) is 0 Å². The van der Waals surface area contributed by atoms with E-state index in [-0.39, 0.29) is 12.3 Å². The average molecular weight is 236 g/mol. The van der Waals surface area contributed by atoms with Gasteiger partial charge in [-0.2, -0.15) is 0 Å². The van der Waals surface area contributed by atoms with Crippen LogP contribution in [0.1, 0.15) is 24.8 Å². The number of carbonyl (C=O) groups is 2. The monoisotopic (exact) mass is 236 g/mol. The Hall–Kier alpha value is -2.04. The van der Waals surface area contributed by atoms with Crippen LogP contribution >= 0.6 is 0 Å². The Kier molecular flexibility index (Phi) is 4.09. The minimum Gasteiger partial charge on any atom is -0.481 e. The van der Waals surface area contributed by atoms with Crippen LogP contribution in [-0.2, 0) is 4.79 Å². The first-order chi connectivity index (χ1) is 7.91. The summed E-state index contributed by atoms with van der Waals surface area (Å²) in [4.78, 5) is 22.8. The summed E-state index contributed by atoms with van der Waals surface area (Å²) in [5, 5.41) is 8.69. The molecule has 5 nitrogen and oxygen atoms in total. The lowest BCUT2D eigenvalue weighted by Crippen LogP contribution is -2.31. The topological polar surface area (TPSA) is 83.6 Å². The summed E-state index contributed by atoms with van der Waals surface area (Å²) in [6.45, 7) is 1.85. The van der Waals surface area contributed by atoms with Gasteiger partial charge in [-0.05, 0) is 23.6 Å². The summed E-state index contributed by atoms with van der Waals surface area (Å²) in [7, 11) is 1.58. The standard InChI is InChI=1S/C12H16N2O3/c1-8(7-11(15)16)9-3-5-10(6-4-9)14(2)12(13)17/h3-6,8H,7H2,1-2H3,(H2,13,17)(H,15,16). The van der Waals surface area contributed by atoms with E-state index in [1.165, 1.54) is 4.90 Å². The third kappa shape index (κ3) is 3.48. The van der Waals surface area contributed by atoms with Gasteiger partial charge in [-0.3, -0.25) is 9.69 Å². The summed E-state index contributed by atoms with van der Waals surface area (Å²) < 4.78 is 0. The molecular formula is C12H16N2O3. The van der Waals surface area contributed by atoms with Gasteiger partial charge in [0.15, 0.2) is 0 Å². The maximum absolute atomic E-state index is 10.9. The van der Waals surface area contributed by atoms with Crippen LogP contribution in [0.2, 0.25) is 0 Å². The minimum atomic E-state index is -0.823. The summed E-state index contributed by atoms with van der Waals surface area (Å²) in [6.07, 6.45) is 0.0883. The molecule has 0 aliphatic carbocycles. The Morgan fingerprint density at radius 1 is 1.35 bits per heavy atom. The number of benzene rings is 1. The molecule has 0 heterocycles. The minimum absolute atomic E-state index is 0.0552. The van der Waals surface area contributed by atoms with E-state index in [0.29, 0.717) is 5.69 Å². The van der Waals surface area contributed by atoms with E-state index in [9.17, 15) is 9.59 Å². The van der Waals surface area contributed by atoms with Gasteiger partial charge in [0.25, 0.3) is 0 Å². The molecule has 1 atom stereocenters. The molecule has 0 spiro atoms. The molecule has 0 radical (unpaired) electrons. The van der Waals surface area contributed by atoms with E-state index in [1.54, 1.807) is 19.2 Å².